The lowest BCUT2D eigenvalue weighted by molar-refractivity contribution is 0.529. The SMILES string of the molecule is Cc1ccc(CNC(C)c2nccn2C)cn1. The van der Waals surface area contributed by atoms with Crippen LogP contribution in [0.25, 0.3) is 0 Å². The predicted molar refractivity (Wildman–Crippen MR) is 67.4 cm³/mol. The van der Waals surface area contributed by atoms with E-state index in [2.05, 4.69) is 28.3 Å². The number of aryl methyl sites for hydroxylation is 2. The minimum absolute atomic E-state index is 0.233. The molecule has 0 radical (unpaired) electrons. The van der Waals surface area contributed by atoms with Crippen molar-refractivity contribution in [2.75, 3.05) is 0 Å². The van der Waals surface area contributed by atoms with Crippen LogP contribution in [0.15, 0.2) is 30.7 Å². The van der Waals surface area contributed by atoms with Crippen LogP contribution in [0.2, 0.25) is 0 Å². The number of aromatic nitrogens is 3. The number of nitrogens with zero attached hydrogens (tertiary/aromatic N) is 3. The topological polar surface area (TPSA) is 42.7 Å². The molecule has 0 saturated carbocycles. The lowest BCUT2D eigenvalue weighted by Gasteiger charge is -2.13. The van der Waals surface area contributed by atoms with Gasteiger partial charge in [-0.2, -0.15) is 0 Å². The van der Waals surface area contributed by atoms with Gasteiger partial charge >= 0.3 is 0 Å². The van der Waals surface area contributed by atoms with Crippen LogP contribution in [0, 0.1) is 6.92 Å². The van der Waals surface area contributed by atoms with Crippen LogP contribution >= 0.6 is 0 Å². The van der Waals surface area contributed by atoms with Crippen molar-refractivity contribution in [3.05, 3.63) is 47.8 Å². The van der Waals surface area contributed by atoms with E-state index in [-0.39, 0.29) is 6.04 Å². The number of hydrogen-bond acceptors (Lipinski definition) is 3. The fourth-order valence-electron chi connectivity index (χ4n) is 1.76. The van der Waals surface area contributed by atoms with Crippen LogP contribution < -0.4 is 5.32 Å². The normalized spacial score (nSPS) is 12.6. The van der Waals surface area contributed by atoms with E-state index in [0.717, 1.165) is 18.1 Å². The zero-order valence-electron chi connectivity index (χ0n) is 10.5. The Morgan fingerprint density at radius 1 is 1.35 bits per heavy atom. The van der Waals surface area contributed by atoms with Gasteiger partial charge < -0.3 is 9.88 Å². The molecule has 0 aliphatic heterocycles. The Hall–Kier alpha value is -1.68. The van der Waals surface area contributed by atoms with Crippen LogP contribution in [0.1, 0.15) is 30.0 Å². The molecule has 0 amide bonds. The van der Waals surface area contributed by atoms with E-state index < -0.39 is 0 Å². The number of imidazole rings is 1. The van der Waals surface area contributed by atoms with Gasteiger partial charge in [-0.1, -0.05) is 6.07 Å². The van der Waals surface area contributed by atoms with Gasteiger partial charge in [-0.15, -0.1) is 0 Å². The summed E-state index contributed by atoms with van der Waals surface area (Å²) >= 11 is 0. The first-order valence-corrected chi connectivity index (χ1v) is 5.79. The molecule has 0 aliphatic carbocycles. The number of pyridine rings is 1. The van der Waals surface area contributed by atoms with Gasteiger partial charge in [0.25, 0.3) is 0 Å². The van der Waals surface area contributed by atoms with Crippen molar-refractivity contribution < 1.29 is 0 Å². The van der Waals surface area contributed by atoms with Gasteiger partial charge in [0.15, 0.2) is 0 Å². The predicted octanol–water partition coefficient (Wildman–Crippen LogP) is 1.97. The van der Waals surface area contributed by atoms with E-state index in [1.54, 1.807) is 0 Å². The molecule has 4 heteroatoms. The summed E-state index contributed by atoms with van der Waals surface area (Å²) in [6.45, 7) is 4.92. The largest absolute Gasteiger partial charge is 0.337 e. The summed E-state index contributed by atoms with van der Waals surface area (Å²) in [6.07, 6.45) is 5.69. The molecule has 0 saturated heterocycles. The molecule has 0 aromatic carbocycles. The maximum absolute atomic E-state index is 4.33. The zero-order valence-corrected chi connectivity index (χ0v) is 10.5. The van der Waals surface area contributed by atoms with Gasteiger partial charge in [0.1, 0.15) is 5.82 Å². The molecule has 1 unspecified atom stereocenters. The highest BCUT2D eigenvalue weighted by Crippen LogP contribution is 2.09. The Bertz CT molecular complexity index is 472. The molecule has 4 nitrogen and oxygen atoms in total. The summed E-state index contributed by atoms with van der Waals surface area (Å²) in [6, 6.07) is 4.36. The molecule has 0 fully saturated rings. The third-order valence-electron chi connectivity index (χ3n) is 2.83. The summed E-state index contributed by atoms with van der Waals surface area (Å²) in [5, 5.41) is 3.44. The summed E-state index contributed by atoms with van der Waals surface area (Å²) in [5.41, 5.74) is 2.24. The van der Waals surface area contributed by atoms with Crippen molar-refractivity contribution in [1.29, 1.82) is 0 Å². The maximum atomic E-state index is 4.33. The van der Waals surface area contributed by atoms with Crippen molar-refractivity contribution in [3.63, 3.8) is 0 Å². The summed E-state index contributed by atoms with van der Waals surface area (Å²) in [4.78, 5) is 8.60. The molecule has 1 atom stereocenters. The average Bonchev–Trinajstić information content (AvgIpc) is 2.74. The molecule has 2 heterocycles. The quantitative estimate of drug-likeness (QED) is 0.873. The average molecular weight is 230 g/mol. The Balaban J connectivity index is 1.94. The first-order valence-electron chi connectivity index (χ1n) is 5.79. The van der Waals surface area contributed by atoms with Crippen molar-refractivity contribution >= 4 is 0 Å². The molecule has 17 heavy (non-hydrogen) atoms. The molecular formula is C13H18N4. The first kappa shape index (κ1) is 11.8. The number of nitrogens with one attached hydrogen (secondary N) is 1. The molecule has 2 rings (SSSR count). The van der Waals surface area contributed by atoms with E-state index in [4.69, 9.17) is 0 Å². The van der Waals surface area contributed by atoms with E-state index in [1.807, 2.05) is 43.2 Å². The lowest BCUT2D eigenvalue weighted by Crippen LogP contribution is -2.21. The summed E-state index contributed by atoms with van der Waals surface area (Å²) < 4.78 is 2.03. The lowest BCUT2D eigenvalue weighted by atomic mass is 10.2. The Kier molecular flexibility index (Phi) is 3.54. The molecule has 2 aromatic rings. The molecular weight excluding hydrogens is 212 g/mol. The maximum Gasteiger partial charge on any atom is 0.125 e. The second-order valence-corrected chi connectivity index (χ2v) is 4.31. The number of rotatable bonds is 4. The number of hydrogen-bond donors (Lipinski definition) is 1. The van der Waals surface area contributed by atoms with Crippen molar-refractivity contribution in [2.24, 2.45) is 7.05 Å². The van der Waals surface area contributed by atoms with Crippen molar-refractivity contribution in [2.45, 2.75) is 26.4 Å². The Morgan fingerprint density at radius 2 is 2.18 bits per heavy atom. The highest BCUT2D eigenvalue weighted by molar-refractivity contribution is 5.13. The van der Waals surface area contributed by atoms with Crippen LogP contribution in [-0.4, -0.2) is 14.5 Å². The molecule has 2 aromatic heterocycles. The first-order chi connectivity index (χ1) is 8.16. The highest BCUT2D eigenvalue weighted by Gasteiger charge is 2.09. The van der Waals surface area contributed by atoms with Crippen molar-refractivity contribution in [1.82, 2.24) is 19.9 Å². The third-order valence-corrected chi connectivity index (χ3v) is 2.83. The van der Waals surface area contributed by atoms with E-state index in [9.17, 15) is 0 Å². The minimum atomic E-state index is 0.233. The Morgan fingerprint density at radius 3 is 2.76 bits per heavy atom. The Labute approximate surface area is 102 Å². The molecule has 90 valence electrons. The van der Waals surface area contributed by atoms with E-state index in [1.165, 1.54) is 5.56 Å². The van der Waals surface area contributed by atoms with Crippen LogP contribution in [-0.2, 0) is 13.6 Å². The molecule has 0 bridgehead atoms. The van der Waals surface area contributed by atoms with Gasteiger partial charge in [0, 0.05) is 37.9 Å². The minimum Gasteiger partial charge on any atom is -0.337 e. The summed E-state index contributed by atoms with van der Waals surface area (Å²) in [7, 11) is 2.01. The monoisotopic (exact) mass is 230 g/mol. The second kappa shape index (κ2) is 5.10. The van der Waals surface area contributed by atoms with Crippen LogP contribution in [0.4, 0.5) is 0 Å². The van der Waals surface area contributed by atoms with Gasteiger partial charge in [0.05, 0.1) is 6.04 Å². The van der Waals surface area contributed by atoms with Gasteiger partial charge in [0.2, 0.25) is 0 Å². The fourth-order valence-corrected chi connectivity index (χ4v) is 1.76. The molecule has 0 spiro atoms. The third kappa shape index (κ3) is 2.91. The zero-order chi connectivity index (χ0) is 12.3. The standard InChI is InChI=1S/C13H18N4/c1-10-4-5-12(8-15-10)9-16-11(2)13-14-6-7-17(13)3/h4-8,11,16H,9H2,1-3H3. The van der Waals surface area contributed by atoms with Crippen molar-refractivity contribution in [3.8, 4) is 0 Å². The van der Waals surface area contributed by atoms with Crippen LogP contribution in [0.3, 0.4) is 0 Å². The van der Waals surface area contributed by atoms with Gasteiger partial charge in [-0.25, -0.2) is 4.98 Å². The van der Waals surface area contributed by atoms with Gasteiger partial charge in [-0.05, 0) is 25.5 Å². The van der Waals surface area contributed by atoms with Gasteiger partial charge in [-0.3, -0.25) is 4.98 Å². The smallest absolute Gasteiger partial charge is 0.125 e. The van der Waals surface area contributed by atoms with Crippen LogP contribution in [0.5, 0.6) is 0 Å². The highest BCUT2D eigenvalue weighted by atomic mass is 15.1. The molecule has 1 N–H and O–H groups in total. The van der Waals surface area contributed by atoms with E-state index in [0.29, 0.717) is 0 Å². The second-order valence-electron chi connectivity index (χ2n) is 4.31. The summed E-state index contributed by atoms with van der Waals surface area (Å²) in [5.74, 6) is 1.05. The fraction of sp³-hybridized carbons (Fsp3) is 0.385. The molecule has 0 aliphatic rings. The van der Waals surface area contributed by atoms with E-state index >= 15 is 0 Å².